The van der Waals surface area contributed by atoms with Crippen molar-refractivity contribution < 1.29 is 23.1 Å². The maximum Gasteiger partial charge on any atom is 0.387 e. The van der Waals surface area contributed by atoms with Crippen LogP contribution in [-0.4, -0.2) is 30.4 Å². The van der Waals surface area contributed by atoms with Gasteiger partial charge < -0.3 is 15.0 Å². The fraction of sp³-hybridized carbons (Fsp3) is 0.176. The molecular formula is C17H15ClF2N2O3. The van der Waals surface area contributed by atoms with Gasteiger partial charge in [0.15, 0.2) is 0 Å². The molecule has 2 aromatic carbocycles. The van der Waals surface area contributed by atoms with Crippen molar-refractivity contribution in [1.82, 2.24) is 4.90 Å². The van der Waals surface area contributed by atoms with E-state index in [0.717, 1.165) is 0 Å². The molecule has 0 aliphatic rings. The van der Waals surface area contributed by atoms with Crippen LogP contribution >= 0.6 is 11.6 Å². The van der Waals surface area contributed by atoms with Gasteiger partial charge in [0.1, 0.15) is 5.75 Å². The van der Waals surface area contributed by atoms with Gasteiger partial charge in [0.25, 0.3) is 0 Å². The highest BCUT2D eigenvalue weighted by Crippen LogP contribution is 2.20. The number of halogens is 3. The van der Waals surface area contributed by atoms with Gasteiger partial charge in [0.05, 0.1) is 10.7 Å². The highest BCUT2D eigenvalue weighted by Gasteiger charge is 2.19. The van der Waals surface area contributed by atoms with Crippen LogP contribution in [0.4, 0.5) is 14.5 Å². The van der Waals surface area contributed by atoms with Gasteiger partial charge in [-0.05, 0) is 29.8 Å². The van der Waals surface area contributed by atoms with Gasteiger partial charge in [0.2, 0.25) is 0 Å². The predicted molar refractivity (Wildman–Crippen MR) is 89.6 cm³/mol. The largest absolute Gasteiger partial charge is 0.435 e. The number of likely N-dealkylation sites (N-methyl/N-ethyl adjacent to an activating group) is 1. The summed E-state index contributed by atoms with van der Waals surface area (Å²) in [6.07, 6.45) is 0. The Bertz CT molecular complexity index is 754. The highest BCUT2D eigenvalue weighted by molar-refractivity contribution is 6.41. The maximum absolute atomic E-state index is 12.1. The van der Waals surface area contributed by atoms with Gasteiger partial charge in [-0.3, -0.25) is 9.59 Å². The van der Waals surface area contributed by atoms with Gasteiger partial charge in [-0.2, -0.15) is 8.78 Å². The van der Waals surface area contributed by atoms with Crippen molar-refractivity contribution in [2.75, 3.05) is 12.4 Å². The molecule has 2 amide bonds. The van der Waals surface area contributed by atoms with E-state index in [-0.39, 0.29) is 12.3 Å². The standard InChI is InChI=1S/C17H15ClF2N2O3/c1-22(10-11-6-8-12(9-7-11)25-17(19)20)16(24)15(23)21-14-5-3-2-4-13(14)18/h2-9,17H,10H2,1H3,(H,21,23). The number of carbonyl (C=O) groups excluding carboxylic acids is 2. The van der Waals surface area contributed by atoms with Crippen LogP contribution in [0.3, 0.4) is 0 Å². The molecule has 8 heteroatoms. The Balaban J connectivity index is 1.95. The van der Waals surface area contributed by atoms with E-state index >= 15 is 0 Å². The van der Waals surface area contributed by atoms with Gasteiger partial charge in [-0.25, -0.2) is 0 Å². The quantitative estimate of drug-likeness (QED) is 0.821. The summed E-state index contributed by atoms with van der Waals surface area (Å²) in [5, 5.41) is 2.76. The summed E-state index contributed by atoms with van der Waals surface area (Å²) in [6, 6.07) is 12.4. The molecule has 0 aliphatic carbocycles. The summed E-state index contributed by atoms with van der Waals surface area (Å²) in [5.41, 5.74) is 0.993. The average Bonchev–Trinajstić information content (AvgIpc) is 2.57. The smallest absolute Gasteiger partial charge is 0.387 e. The maximum atomic E-state index is 12.1. The molecule has 132 valence electrons. The predicted octanol–water partition coefficient (Wildman–Crippen LogP) is 3.54. The number of rotatable bonds is 5. The number of hydrogen-bond donors (Lipinski definition) is 1. The molecular weight excluding hydrogens is 354 g/mol. The Morgan fingerprint density at radius 2 is 1.80 bits per heavy atom. The second-order valence-electron chi connectivity index (χ2n) is 5.12. The summed E-state index contributed by atoms with van der Waals surface area (Å²) >= 11 is 5.93. The number of para-hydroxylation sites is 1. The third kappa shape index (κ3) is 5.42. The van der Waals surface area contributed by atoms with Crippen LogP contribution in [0.2, 0.25) is 5.02 Å². The molecule has 0 spiro atoms. The summed E-state index contributed by atoms with van der Waals surface area (Å²) in [5.74, 6) is -1.56. The van der Waals surface area contributed by atoms with Crippen LogP contribution in [0, 0.1) is 0 Å². The monoisotopic (exact) mass is 368 g/mol. The zero-order valence-corrected chi connectivity index (χ0v) is 14.0. The Morgan fingerprint density at radius 1 is 1.16 bits per heavy atom. The highest BCUT2D eigenvalue weighted by atomic mass is 35.5. The Labute approximate surface area is 148 Å². The third-order valence-electron chi connectivity index (χ3n) is 3.23. The number of alkyl halides is 2. The topological polar surface area (TPSA) is 58.6 Å². The second-order valence-corrected chi connectivity index (χ2v) is 5.52. The molecule has 5 nitrogen and oxygen atoms in total. The van der Waals surface area contributed by atoms with Crippen molar-refractivity contribution in [3.05, 3.63) is 59.1 Å². The molecule has 25 heavy (non-hydrogen) atoms. The van der Waals surface area contributed by atoms with Gasteiger partial charge in [-0.15, -0.1) is 0 Å². The number of anilines is 1. The molecule has 0 saturated heterocycles. The van der Waals surface area contributed by atoms with Crippen LogP contribution in [-0.2, 0) is 16.1 Å². The van der Waals surface area contributed by atoms with E-state index < -0.39 is 18.4 Å². The molecule has 0 bridgehead atoms. The van der Waals surface area contributed by atoms with Crippen LogP contribution in [0.15, 0.2) is 48.5 Å². The van der Waals surface area contributed by atoms with Crippen molar-refractivity contribution in [2.24, 2.45) is 0 Å². The number of nitrogens with zero attached hydrogens (tertiary/aromatic N) is 1. The lowest BCUT2D eigenvalue weighted by Gasteiger charge is -2.17. The first kappa shape index (κ1) is 18.7. The molecule has 0 aliphatic heterocycles. The number of amides is 2. The Kier molecular flexibility index (Phi) is 6.30. The van der Waals surface area contributed by atoms with E-state index in [2.05, 4.69) is 10.1 Å². The van der Waals surface area contributed by atoms with Gasteiger partial charge in [-0.1, -0.05) is 35.9 Å². The normalized spacial score (nSPS) is 10.4. The summed E-state index contributed by atoms with van der Waals surface area (Å²) in [7, 11) is 1.46. The molecule has 2 rings (SSSR count). The molecule has 0 atom stereocenters. The number of hydrogen-bond acceptors (Lipinski definition) is 3. The number of benzene rings is 2. The van der Waals surface area contributed by atoms with E-state index in [9.17, 15) is 18.4 Å². The molecule has 0 radical (unpaired) electrons. The number of nitrogens with one attached hydrogen (secondary N) is 1. The summed E-state index contributed by atoms with van der Waals surface area (Å²) in [6.45, 7) is -2.77. The summed E-state index contributed by atoms with van der Waals surface area (Å²) < 4.78 is 28.5. The number of carbonyl (C=O) groups is 2. The van der Waals surface area contributed by atoms with E-state index in [4.69, 9.17) is 11.6 Å². The summed E-state index contributed by atoms with van der Waals surface area (Å²) in [4.78, 5) is 25.3. The first-order valence-electron chi connectivity index (χ1n) is 7.21. The lowest BCUT2D eigenvalue weighted by atomic mass is 10.2. The molecule has 0 fully saturated rings. The number of ether oxygens (including phenoxy) is 1. The lowest BCUT2D eigenvalue weighted by Crippen LogP contribution is -2.36. The molecule has 0 unspecified atom stereocenters. The molecule has 0 heterocycles. The van der Waals surface area contributed by atoms with E-state index in [1.807, 2.05) is 0 Å². The van der Waals surface area contributed by atoms with Crippen molar-refractivity contribution in [2.45, 2.75) is 13.2 Å². The fourth-order valence-electron chi connectivity index (χ4n) is 2.03. The minimum absolute atomic E-state index is 0.0178. The minimum atomic E-state index is -2.90. The van der Waals surface area contributed by atoms with Crippen LogP contribution in [0.5, 0.6) is 5.75 Å². The fourth-order valence-corrected chi connectivity index (χ4v) is 2.22. The van der Waals surface area contributed by atoms with E-state index in [1.54, 1.807) is 24.3 Å². The Hall–Kier alpha value is -2.67. The van der Waals surface area contributed by atoms with Crippen molar-refractivity contribution >= 4 is 29.1 Å². The second kappa shape index (κ2) is 8.43. The van der Waals surface area contributed by atoms with E-state index in [0.29, 0.717) is 16.3 Å². The first-order valence-corrected chi connectivity index (χ1v) is 7.59. The minimum Gasteiger partial charge on any atom is -0.435 e. The zero-order chi connectivity index (χ0) is 18.4. The van der Waals surface area contributed by atoms with Crippen molar-refractivity contribution in [3.8, 4) is 5.75 Å². The Morgan fingerprint density at radius 3 is 2.40 bits per heavy atom. The average molecular weight is 369 g/mol. The first-order chi connectivity index (χ1) is 11.9. The van der Waals surface area contributed by atoms with Crippen LogP contribution in [0.25, 0.3) is 0 Å². The van der Waals surface area contributed by atoms with Gasteiger partial charge in [0, 0.05) is 13.6 Å². The van der Waals surface area contributed by atoms with Crippen molar-refractivity contribution in [1.29, 1.82) is 0 Å². The zero-order valence-electron chi connectivity index (χ0n) is 13.2. The third-order valence-corrected chi connectivity index (χ3v) is 3.56. The molecule has 2 aromatic rings. The van der Waals surface area contributed by atoms with E-state index in [1.165, 1.54) is 36.2 Å². The molecule has 1 N–H and O–H groups in total. The molecule has 0 saturated carbocycles. The molecule has 0 aromatic heterocycles. The van der Waals surface area contributed by atoms with Crippen molar-refractivity contribution in [3.63, 3.8) is 0 Å². The van der Waals surface area contributed by atoms with Crippen LogP contribution < -0.4 is 10.1 Å². The lowest BCUT2D eigenvalue weighted by molar-refractivity contribution is -0.142. The SMILES string of the molecule is CN(Cc1ccc(OC(F)F)cc1)C(=O)C(=O)Nc1ccccc1Cl. The van der Waals surface area contributed by atoms with Crippen LogP contribution in [0.1, 0.15) is 5.56 Å². The van der Waals surface area contributed by atoms with Gasteiger partial charge >= 0.3 is 18.4 Å².